The molecule has 0 aliphatic rings. The molecule has 0 saturated carbocycles. The van der Waals surface area contributed by atoms with Gasteiger partial charge in [-0.3, -0.25) is 4.98 Å². The van der Waals surface area contributed by atoms with Gasteiger partial charge < -0.3 is 15.2 Å². The van der Waals surface area contributed by atoms with Gasteiger partial charge in [0.15, 0.2) is 0 Å². The van der Waals surface area contributed by atoms with Gasteiger partial charge in [0.05, 0.1) is 12.7 Å². The molecule has 1 aromatic rings. The third kappa shape index (κ3) is 6.10. The van der Waals surface area contributed by atoms with Crippen LogP contribution in [0, 0.1) is 0 Å². The van der Waals surface area contributed by atoms with Crippen LogP contribution in [0.4, 0.5) is 0 Å². The van der Waals surface area contributed by atoms with Crippen LogP contribution in [0.2, 0.25) is 0 Å². The quantitative estimate of drug-likeness (QED) is 0.659. The number of pyridine rings is 1. The Bertz CT molecular complexity index is 306. The number of aliphatic hydroxyl groups is 1. The maximum atomic E-state index is 9.74. The van der Waals surface area contributed by atoms with Crippen LogP contribution >= 0.6 is 0 Å². The summed E-state index contributed by atoms with van der Waals surface area (Å²) in [5.41, 5.74) is 1.17. The van der Waals surface area contributed by atoms with Gasteiger partial charge in [-0.25, -0.2) is 0 Å². The van der Waals surface area contributed by atoms with E-state index < -0.39 is 6.10 Å². The Morgan fingerprint density at radius 1 is 1.39 bits per heavy atom. The number of rotatable bonds is 9. The molecule has 4 nitrogen and oxygen atoms in total. The van der Waals surface area contributed by atoms with Crippen molar-refractivity contribution in [3.8, 4) is 0 Å². The van der Waals surface area contributed by atoms with E-state index in [1.54, 1.807) is 12.4 Å². The lowest BCUT2D eigenvalue weighted by molar-refractivity contribution is 0.0348. The van der Waals surface area contributed by atoms with Crippen LogP contribution in [0.5, 0.6) is 0 Å². The van der Waals surface area contributed by atoms with E-state index in [2.05, 4.69) is 24.1 Å². The molecule has 1 heterocycles. The van der Waals surface area contributed by atoms with E-state index >= 15 is 0 Å². The van der Waals surface area contributed by atoms with E-state index in [-0.39, 0.29) is 6.04 Å². The van der Waals surface area contributed by atoms with Crippen molar-refractivity contribution in [2.75, 3.05) is 19.8 Å². The van der Waals surface area contributed by atoms with E-state index in [9.17, 15) is 5.11 Å². The maximum Gasteiger partial charge on any atom is 0.0897 e. The van der Waals surface area contributed by atoms with Crippen LogP contribution in [0.15, 0.2) is 24.5 Å². The molecule has 0 saturated heterocycles. The van der Waals surface area contributed by atoms with Gasteiger partial charge >= 0.3 is 0 Å². The van der Waals surface area contributed by atoms with Gasteiger partial charge in [0.2, 0.25) is 0 Å². The van der Waals surface area contributed by atoms with Crippen LogP contribution in [0.25, 0.3) is 0 Å². The van der Waals surface area contributed by atoms with Crippen molar-refractivity contribution in [2.24, 2.45) is 0 Å². The first kappa shape index (κ1) is 15.1. The molecule has 0 fully saturated rings. The van der Waals surface area contributed by atoms with Crippen LogP contribution in [0.3, 0.4) is 0 Å². The topological polar surface area (TPSA) is 54.4 Å². The monoisotopic (exact) mass is 252 g/mol. The van der Waals surface area contributed by atoms with Crippen molar-refractivity contribution < 1.29 is 9.84 Å². The van der Waals surface area contributed by atoms with Gasteiger partial charge in [-0.15, -0.1) is 0 Å². The molecule has 0 amide bonds. The van der Waals surface area contributed by atoms with E-state index in [1.165, 1.54) is 5.56 Å². The SMILES string of the molecule is CCCCOCC(O)CN[C@@H](C)c1ccncc1. The first-order valence-electron chi connectivity index (χ1n) is 6.63. The van der Waals surface area contributed by atoms with Crippen LogP contribution in [-0.2, 0) is 4.74 Å². The van der Waals surface area contributed by atoms with Crippen molar-refractivity contribution in [1.82, 2.24) is 10.3 Å². The van der Waals surface area contributed by atoms with Gasteiger partial charge in [-0.2, -0.15) is 0 Å². The fourth-order valence-corrected chi connectivity index (χ4v) is 1.61. The first-order valence-corrected chi connectivity index (χ1v) is 6.63. The molecule has 0 aromatic carbocycles. The van der Waals surface area contributed by atoms with Gasteiger partial charge in [-0.1, -0.05) is 13.3 Å². The Balaban J connectivity index is 2.16. The average molecular weight is 252 g/mol. The fourth-order valence-electron chi connectivity index (χ4n) is 1.61. The summed E-state index contributed by atoms with van der Waals surface area (Å²) in [7, 11) is 0. The third-order valence-electron chi connectivity index (χ3n) is 2.82. The highest BCUT2D eigenvalue weighted by atomic mass is 16.5. The molecule has 1 unspecified atom stereocenters. The summed E-state index contributed by atoms with van der Waals surface area (Å²) in [5.74, 6) is 0. The Kier molecular flexibility index (Phi) is 7.57. The van der Waals surface area contributed by atoms with Gasteiger partial charge in [0, 0.05) is 31.6 Å². The van der Waals surface area contributed by atoms with Crippen LogP contribution < -0.4 is 5.32 Å². The predicted molar refractivity (Wildman–Crippen MR) is 72.4 cm³/mol. The highest BCUT2D eigenvalue weighted by Gasteiger charge is 2.08. The molecule has 0 aliphatic heterocycles. The van der Waals surface area contributed by atoms with Crippen molar-refractivity contribution >= 4 is 0 Å². The molecule has 0 radical (unpaired) electrons. The number of aliphatic hydroxyl groups excluding tert-OH is 1. The zero-order valence-corrected chi connectivity index (χ0v) is 11.3. The number of nitrogens with one attached hydrogen (secondary N) is 1. The van der Waals surface area contributed by atoms with Crippen molar-refractivity contribution in [3.05, 3.63) is 30.1 Å². The highest BCUT2D eigenvalue weighted by molar-refractivity contribution is 5.13. The summed E-state index contributed by atoms with van der Waals surface area (Å²) in [5, 5.41) is 13.0. The van der Waals surface area contributed by atoms with E-state index in [0.717, 1.165) is 19.4 Å². The summed E-state index contributed by atoms with van der Waals surface area (Å²) in [6, 6.07) is 4.15. The Hall–Kier alpha value is -0.970. The first-order chi connectivity index (χ1) is 8.74. The zero-order valence-electron chi connectivity index (χ0n) is 11.3. The van der Waals surface area contributed by atoms with Crippen molar-refractivity contribution in [3.63, 3.8) is 0 Å². The van der Waals surface area contributed by atoms with E-state index in [4.69, 9.17) is 4.74 Å². The molecule has 0 aliphatic carbocycles. The zero-order chi connectivity index (χ0) is 13.2. The van der Waals surface area contributed by atoms with E-state index in [0.29, 0.717) is 13.2 Å². The van der Waals surface area contributed by atoms with Crippen LogP contribution in [0.1, 0.15) is 38.3 Å². The highest BCUT2D eigenvalue weighted by Crippen LogP contribution is 2.09. The molecule has 0 bridgehead atoms. The summed E-state index contributed by atoms with van der Waals surface area (Å²) in [6.45, 7) is 5.86. The standard InChI is InChI=1S/C14H24N2O2/c1-3-4-9-18-11-14(17)10-16-12(2)13-5-7-15-8-6-13/h5-8,12,14,16-17H,3-4,9-11H2,1-2H3/t12-,14?/m0/s1. The number of nitrogens with zero attached hydrogens (tertiary/aromatic N) is 1. The number of ether oxygens (including phenoxy) is 1. The molecular weight excluding hydrogens is 228 g/mol. The molecule has 0 spiro atoms. The Morgan fingerprint density at radius 3 is 2.78 bits per heavy atom. The normalized spacial score (nSPS) is 14.4. The molecule has 2 atom stereocenters. The number of hydrogen-bond donors (Lipinski definition) is 2. The van der Waals surface area contributed by atoms with Crippen molar-refractivity contribution in [1.29, 1.82) is 0 Å². The largest absolute Gasteiger partial charge is 0.389 e. The van der Waals surface area contributed by atoms with Gasteiger partial charge in [0.1, 0.15) is 0 Å². The second-order valence-corrected chi connectivity index (χ2v) is 4.49. The minimum absolute atomic E-state index is 0.207. The minimum Gasteiger partial charge on any atom is -0.389 e. The Morgan fingerprint density at radius 2 is 2.11 bits per heavy atom. The molecule has 4 heteroatoms. The maximum absolute atomic E-state index is 9.74. The fraction of sp³-hybridized carbons (Fsp3) is 0.643. The predicted octanol–water partition coefficient (Wildman–Crippen LogP) is 1.91. The molecular formula is C14H24N2O2. The minimum atomic E-state index is -0.453. The lowest BCUT2D eigenvalue weighted by Crippen LogP contribution is -2.32. The molecule has 18 heavy (non-hydrogen) atoms. The summed E-state index contributed by atoms with van der Waals surface area (Å²) in [4.78, 5) is 3.98. The molecule has 1 rings (SSSR count). The number of unbranched alkanes of at least 4 members (excludes halogenated alkanes) is 1. The van der Waals surface area contributed by atoms with Gasteiger partial charge in [-0.05, 0) is 31.0 Å². The lowest BCUT2D eigenvalue weighted by Gasteiger charge is -2.17. The number of hydrogen-bond acceptors (Lipinski definition) is 4. The lowest BCUT2D eigenvalue weighted by atomic mass is 10.1. The molecule has 102 valence electrons. The van der Waals surface area contributed by atoms with E-state index in [1.807, 2.05) is 12.1 Å². The molecule has 2 N–H and O–H groups in total. The molecule has 1 aromatic heterocycles. The number of aromatic nitrogens is 1. The summed E-state index contributed by atoms with van der Waals surface area (Å²) < 4.78 is 5.37. The third-order valence-corrected chi connectivity index (χ3v) is 2.82. The second kappa shape index (κ2) is 9.03. The second-order valence-electron chi connectivity index (χ2n) is 4.49. The Labute approximate surface area is 109 Å². The average Bonchev–Trinajstić information content (AvgIpc) is 2.42. The van der Waals surface area contributed by atoms with Gasteiger partial charge in [0.25, 0.3) is 0 Å². The summed E-state index contributed by atoms with van der Waals surface area (Å²) >= 11 is 0. The smallest absolute Gasteiger partial charge is 0.0897 e. The summed E-state index contributed by atoms with van der Waals surface area (Å²) in [6.07, 6.45) is 5.27. The van der Waals surface area contributed by atoms with Crippen molar-refractivity contribution in [2.45, 2.75) is 38.8 Å². The van der Waals surface area contributed by atoms with Crippen LogP contribution in [-0.4, -0.2) is 36.0 Å².